The van der Waals surface area contributed by atoms with Gasteiger partial charge in [-0.1, -0.05) is 36.4 Å². The summed E-state index contributed by atoms with van der Waals surface area (Å²) in [6.07, 6.45) is 1.75. The van der Waals surface area contributed by atoms with Crippen molar-refractivity contribution in [1.82, 2.24) is 0 Å². The van der Waals surface area contributed by atoms with Crippen LogP contribution in [0.5, 0.6) is 5.75 Å². The van der Waals surface area contributed by atoms with Crippen molar-refractivity contribution in [2.75, 3.05) is 5.32 Å². The van der Waals surface area contributed by atoms with Crippen LogP contribution in [0.1, 0.15) is 24.0 Å². The molecule has 0 radical (unpaired) electrons. The molecule has 0 aromatic heterocycles. The first-order valence-electron chi connectivity index (χ1n) is 6.78. The van der Waals surface area contributed by atoms with E-state index in [0.717, 1.165) is 24.0 Å². The summed E-state index contributed by atoms with van der Waals surface area (Å²) >= 11 is 0. The summed E-state index contributed by atoms with van der Waals surface area (Å²) in [7, 11) is 0. The molecule has 2 aromatic carbocycles. The summed E-state index contributed by atoms with van der Waals surface area (Å²) in [5, 5.41) is 12.6. The van der Waals surface area contributed by atoms with Crippen molar-refractivity contribution in [3.8, 4) is 5.75 Å². The number of phenols is 1. The van der Waals surface area contributed by atoms with Crippen molar-refractivity contribution < 1.29 is 9.90 Å². The highest BCUT2D eigenvalue weighted by molar-refractivity contribution is 6.01. The SMILES string of the molecule is Cc1ccc(NC(=O)C2(c3ccccc3)CC2)cc1O. The Hall–Kier alpha value is -2.29. The molecule has 2 aromatic rings. The number of aryl methyl sites for hydroxylation is 1. The lowest BCUT2D eigenvalue weighted by molar-refractivity contribution is -0.118. The minimum Gasteiger partial charge on any atom is -0.508 e. The Morgan fingerprint density at radius 3 is 2.45 bits per heavy atom. The lowest BCUT2D eigenvalue weighted by Crippen LogP contribution is -2.27. The quantitative estimate of drug-likeness (QED) is 0.895. The number of nitrogens with one attached hydrogen (secondary N) is 1. The van der Waals surface area contributed by atoms with Crippen LogP contribution in [-0.4, -0.2) is 11.0 Å². The molecule has 3 heteroatoms. The summed E-state index contributed by atoms with van der Waals surface area (Å²) in [6.45, 7) is 1.83. The second-order valence-corrected chi connectivity index (χ2v) is 5.40. The number of benzene rings is 2. The molecule has 1 aliphatic carbocycles. The monoisotopic (exact) mass is 267 g/mol. The van der Waals surface area contributed by atoms with E-state index in [1.807, 2.05) is 43.3 Å². The van der Waals surface area contributed by atoms with E-state index >= 15 is 0 Å². The van der Waals surface area contributed by atoms with Gasteiger partial charge in [0.2, 0.25) is 5.91 Å². The third kappa shape index (κ3) is 2.16. The molecular formula is C17H17NO2. The molecule has 3 nitrogen and oxygen atoms in total. The Labute approximate surface area is 118 Å². The molecule has 2 N–H and O–H groups in total. The third-order valence-corrected chi connectivity index (χ3v) is 3.98. The molecule has 1 saturated carbocycles. The Kier molecular flexibility index (Phi) is 2.97. The van der Waals surface area contributed by atoms with Gasteiger partial charge in [0.15, 0.2) is 0 Å². The molecule has 0 unspecified atom stereocenters. The number of rotatable bonds is 3. The normalized spacial score (nSPS) is 15.7. The number of anilines is 1. The van der Waals surface area contributed by atoms with Gasteiger partial charge >= 0.3 is 0 Å². The van der Waals surface area contributed by atoms with Crippen molar-refractivity contribution in [3.05, 3.63) is 59.7 Å². The number of carbonyl (C=O) groups is 1. The second-order valence-electron chi connectivity index (χ2n) is 5.40. The Bertz CT molecular complexity index is 645. The molecule has 0 heterocycles. The Morgan fingerprint density at radius 2 is 1.85 bits per heavy atom. The molecule has 0 aliphatic heterocycles. The minimum atomic E-state index is -0.387. The number of carbonyl (C=O) groups excluding carboxylic acids is 1. The van der Waals surface area contributed by atoms with E-state index < -0.39 is 0 Å². The van der Waals surface area contributed by atoms with Crippen LogP contribution in [0.2, 0.25) is 0 Å². The van der Waals surface area contributed by atoms with Gasteiger partial charge in [-0.3, -0.25) is 4.79 Å². The zero-order chi connectivity index (χ0) is 14.2. The smallest absolute Gasteiger partial charge is 0.235 e. The molecule has 0 bridgehead atoms. The van der Waals surface area contributed by atoms with Crippen LogP contribution < -0.4 is 5.32 Å². The fourth-order valence-corrected chi connectivity index (χ4v) is 2.47. The van der Waals surface area contributed by atoms with Crippen molar-refractivity contribution in [1.29, 1.82) is 0 Å². The van der Waals surface area contributed by atoms with Gasteiger partial charge in [-0.25, -0.2) is 0 Å². The van der Waals surface area contributed by atoms with Gasteiger partial charge in [0, 0.05) is 11.8 Å². The molecule has 1 fully saturated rings. The molecule has 0 saturated heterocycles. The van der Waals surface area contributed by atoms with Crippen LogP contribution in [0.4, 0.5) is 5.69 Å². The van der Waals surface area contributed by atoms with E-state index in [0.29, 0.717) is 5.69 Å². The van der Waals surface area contributed by atoms with Crippen molar-refractivity contribution in [3.63, 3.8) is 0 Å². The molecule has 20 heavy (non-hydrogen) atoms. The van der Waals surface area contributed by atoms with Crippen molar-refractivity contribution >= 4 is 11.6 Å². The summed E-state index contributed by atoms with van der Waals surface area (Å²) in [5.74, 6) is 0.208. The van der Waals surface area contributed by atoms with Gasteiger partial charge in [-0.2, -0.15) is 0 Å². The highest BCUT2D eigenvalue weighted by Gasteiger charge is 2.51. The van der Waals surface area contributed by atoms with Crippen LogP contribution in [0.15, 0.2) is 48.5 Å². The van der Waals surface area contributed by atoms with Gasteiger partial charge in [-0.15, -0.1) is 0 Å². The molecular weight excluding hydrogens is 250 g/mol. The minimum absolute atomic E-state index is 0.00644. The van der Waals surface area contributed by atoms with Gasteiger partial charge in [-0.05, 0) is 37.0 Å². The molecule has 0 atom stereocenters. The van der Waals surface area contributed by atoms with E-state index in [4.69, 9.17) is 0 Å². The predicted octanol–water partition coefficient (Wildman–Crippen LogP) is 3.37. The number of hydrogen-bond donors (Lipinski definition) is 2. The molecule has 3 rings (SSSR count). The van der Waals surface area contributed by atoms with E-state index in [-0.39, 0.29) is 17.1 Å². The van der Waals surface area contributed by atoms with Gasteiger partial charge in [0.05, 0.1) is 5.41 Å². The van der Waals surface area contributed by atoms with E-state index in [1.54, 1.807) is 12.1 Å². The second kappa shape index (κ2) is 4.67. The summed E-state index contributed by atoms with van der Waals surface area (Å²) in [6, 6.07) is 15.1. The molecule has 102 valence electrons. The van der Waals surface area contributed by atoms with E-state index in [2.05, 4.69) is 5.32 Å². The number of phenolic OH excluding ortho intramolecular Hbond substituents is 1. The van der Waals surface area contributed by atoms with Crippen LogP contribution in [0.3, 0.4) is 0 Å². The zero-order valence-electron chi connectivity index (χ0n) is 11.4. The van der Waals surface area contributed by atoms with Crippen molar-refractivity contribution in [2.24, 2.45) is 0 Å². The highest BCUT2D eigenvalue weighted by Crippen LogP contribution is 2.48. The largest absolute Gasteiger partial charge is 0.508 e. The van der Waals surface area contributed by atoms with Crippen molar-refractivity contribution in [2.45, 2.75) is 25.2 Å². The van der Waals surface area contributed by atoms with Crippen LogP contribution in [0, 0.1) is 6.92 Å². The lowest BCUT2D eigenvalue weighted by atomic mass is 9.95. The van der Waals surface area contributed by atoms with Crippen LogP contribution >= 0.6 is 0 Å². The number of amides is 1. The number of hydrogen-bond acceptors (Lipinski definition) is 2. The fourth-order valence-electron chi connectivity index (χ4n) is 2.47. The first kappa shape index (κ1) is 12.7. The zero-order valence-corrected chi connectivity index (χ0v) is 11.4. The van der Waals surface area contributed by atoms with E-state index in [1.165, 1.54) is 0 Å². The third-order valence-electron chi connectivity index (χ3n) is 3.98. The van der Waals surface area contributed by atoms with Crippen LogP contribution in [0.25, 0.3) is 0 Å². The standard InChI is InChI=1S/C17H17NO2/c1-12-7-8-14(11-15(12)19)18-16(20)17(9-10-17)13-5-3-2-4-6-13/h2-8,11,19H,9-10H2,1H3,(H,18,20). The first-order valence-corrected chi connectivity index (χ1v) is 6.78. The fraction of sp³-hybridized carbons (Fsp3) is 0.235. The van der Waals surface area contributed by atoms with Gasteiger partial charge in [0.25, 0.3) is 0 Å². The average Bonchev–Trinajstić information content (AvgIpc) is 3.26. The highest BCUT2D eigenvalue weighted by atomic mass is 16.3. The maximum atomic E-state index is 12.5. The average molecular weight is 267 g/mol. The Balaban J connectivity index is 1.81. The first-order chi connectivity index (χ1) is 9.62. The van der Waals surface area contributed by atoms with Gasteiger partial charge < -0.3 is 10.4 Å². The van der Waals surface area contributed by atoms with E-state index in [9.17, 15) is 9.90 Å². The summed E-state index contributed by atoms with van der Waals surface area (Å²) in [4.78, 5) is 12.5. The predicted molar refractivity (Wildman–Crippen MR) is 78.8 cm³/mol. The van der Waals surface area contributed by atoms with Gasteiger partial charge in [0.1, 0.15) is 5.75 Å². The maximum Gasteiger partial charge on any atom is 0.235 e. The molecule has 0 spiro atoms. The topological polar surface area (TPSA) is 49.3 Å². The maximum absolute atomic E-state index is 12.5. The van der Waals surface area contributed by atoms with Crippen LogP contribution in [-0.2, 0) is 10.2 Å². The lowest BCUT2D eigenvalue weighted by Gasteiger charge is -2.16. The summed E-state index contributed by atoms with van der Waals surface area (Å²) in [5.41, 5.74) is 2.11. The molecule has 1 amide bonds. The number of aromatic hydroxyl groups is 1. The Morgan fingerprint density at radius 1 is 1.15 bits per heavy atom. The summed E-state index contributed by atoms with van der Waals surface area (Å²) < 4.78 is 0. The molecule has 1 aliphatic rings.